The van der Waals surface area contributed by atoms with Crippen molar-refractivity contribution in [2.45, 2.75) is 19.3 Å². The summed E-state index contributed by atoms with van der Waals surface area (Å²) in [5.74, 6) is -0.504. The first-order chi connectivity index (χ1) is 16.0. The van der Waals surface area contributed by atoms with Gasteiger partial charge in [-0.2, -0.15) is 0 Å². The van der Waals surface area contributed by atoms with Gasteiger partial charge in [0.1, 0.15) is 6.61 Å². The summed E-state index contributed by atoms with van der Waals surface area (Å²) in [6.45, 7) is 3.05. The lowest BCUT2D eigenvalue weighted by Crippen LogP contribution is -2.53. The Hall–Kier alpha value is -3.43. The van der Waals surface area contributed by atoms with Crippen molar-refractivity contribution in [2.24, 2.45) is 5.73 Å². The minimum atomic E-state index is -0.839. The van der Waals surface area contributed by atoms with Gasteiger partial charge in [0.25, 0.3) is 5.91 Å². The number of nitrogens with two attached hydrogens (primary N) is 1. The Labute approximate surface area is 192 Å². The molecule has 0 saturated carbocycles. The Bertz CT molecular complexity index is 974. The SMILES string of the molecule is NCc1ccc(N2CC(C(=O)N3CCN(CC(=O)OCc4ccccc4)CC3)OC2=O)cc1. The number of benzene rings is 2. The summed E-state index contributed by atoms with van der Waals surface area (Å²) in [6.07, 6.45) is -1.37. The molecule has 2 aromatic carbocycles. The van der Waals surface area contributed by atoms with Crippen LogP contribution in [0.1, 0.15) is 11.1 Å². The zero-order valence-corrected chi connectivity index (χ0v) is 18.4. The zero-order valence-electron chi connectivity index (χ0n) is 18.4. The predicted molar refractivity (Wildman–Crippen MR) is 121 cm³/mol. The van der Waals surface area contributed by atoms with Gasteiger partial charge in [-0.05, 0) is 23.3 Å². The van der Waals surface area contributed by atoms with E-state index in [4.69, 9.17) is 15.2 Å². The van der Waals surface area contributed by atoms with Gasteiger partial charge in [-0.25, -0.2) is 4.79 Å². The number of carbonyl (C=O) groups is 3. The number of rotatable bonds is 7. The van der Waals surface area contributed by atoms with Crippen molar-refractivity contribution in [3.8, 4) is 0 Å². The predicted octanol–water partition coefficient (Wildman–Crippen LogP) is 1.36. The minimum absolute atomic E-state index is 0.172. The molecule has 0 bridgehead atoms. The highest BCUT2D eigenvalue weighted by molar-refractivity contribution is 5.95. The highest BCUT2D eigenvalue weighted by atomic mass is 16.6. The van der Waals surface area contributed by atoms with E-state index in [2.05, 4.69) is 0 Å². The van der Waals surface area contributed by atoms with E-state index in [0.717, 1.165) is 11.1 Å². The standard InChI is InChI=1S/C24H28N4O5/c25-14-18-6-8-20(9-7-18)28-15-21(33-24(28)31)23(30)27-12-10-26(11-13-27)16-22(29)32-17-19-4-2-1-3-5-19/h1-9,21H,10-17,25H2. The molecule has 2 fully saturated rings. The summed E-state index contributed by atoms with van der Waals surface area (Å²) < 4.78 is 10.7. The number of hydrogen-bond acceptors (Lipinski definition) is 7. The van der Waals surface area contributed by atoms with Crippen LogP contribution in [0.3, 0.4) is 0 Å². The van der Waals surface area contributed by atoms with Crippen LogP contribution in [0.25, 0.3) is 0 Å². The average molecular weight is 453 g/mol. The van der Waals surface area contributed by atoms with Crippen molar-refractivity contribution >= 4 is 23.7 Å². The largest absolute Gasteiger partial charge is 0.460 e. The fourth-order valence-corrected chi connectivity index (χ4v) is 3.91. The number of hydrogen-bond donors (Lipinski definition) is 1. The Kier molecular flexibility index (Phi) is 7.21. The van der Waals surface area contributed by atoms with Gasteiger partial charge in [-0.15, -0.1) is 0 Å². The van der Waals surface area contributed by atoms with Gasteiger partial charge in [0.15, 0.2) is 6.10 Å². The minimum Gasteiger partial charge on any atom is -0.460 e. The number of nitrogens with zero attached hydrogens (tertiary/aromatic N) is 3. The first-order valence-electron chi connectivity index (χ1n) is 11.0. The summed E-state index contributed by atoms with van der Waals surface area (Å²) in [7, 11) is 0. The molecule has 2 heterocycles. The number of piperazine rings is 1. The molecule has 2 amide bonds. The van der Waals surface area contributed by atoms with Gasteiger partial charge in [-0.1, -0.05) is 42.5 Å². The van der Waals surface area contributed by atoms with Crippen LogP contribution in [0, 0.1) is 0 Å². The fraction of sp³-hybridized carbons (Fsp3) is 0.375. The third-order valence-corrected chi connectivity index (χ3v) is 5.85. The molecule has 2 aromatic rings. The van der Waals surface area contributed by atoms with Gasteiger partial charge in [0, 0.05) is 38.4 Å². The van der Waals surface area contributed by atoms with Gasteiger partial charge >= 0.3 is 12.1 Å². The molecule has 0 aromatic heterocycles. The second-order valence-corrected chi connectivity index (χ2v) is 8.10. The molecule has 2 saturated heterocycles. The van der Waals surface area contributed by atoms with Crippen molar-refractivity contribution in [3.63, 3.8) is 0 Å². The van der Waals surface area contributed by atoms with Crippen molar-refractivity contribution < 1.29 is 23.9 Å². The molecule has 1 unspecified atom stereocenters. The summed E-state index contributed by atoms with van der Waals surface area (Å²) >= 11 is 0. The molecular formula is C24H28N4O5. The first-order valence-corrected chi connectivity index (χ1v) is 11.0. The molecule has 0 aliphatic carbocycles. The molecule has 2 aliphatic rings. The molecule has 33 heavy (non-hydrogen) atoms. The third-order valence-electron chi connectivity index (χ3n) is 5.85. The van der Waals surface area contributed by atoms with Crippen LogP contribution in [-0.4, -0.2) is 73.1 Å². The number of ether oxygens (including phenoxy) is 2. The lowest BCUT2D eigenvalue weighted by molar-refractivity contribution is -0.147. The van der Waals surface area contributed by atoms with Crippen LogP contribution < -0.4 is 10.6 Å². The normalized spacial score (nSPS) is 18.8. The number of esters is 1. The molecule has 0 spiro atoms. The van der Waals surface area contributed by atoms with Crippen molar-refractivity contribution in [1.82, 2.24) is 9.80 Å². The van der Waals surface area contributed by atoms with E-state index in [1.165, 1.54) is 4.90 Å². The number of cyclic esters (lactones) is 1. The molecule has 9 heteroatoms. The Morgan fingerprint density at radius 2 is 1.67 bits per heavy atom. The molecular weight excluding hydrogens is 424 g/mol. The van der Waals surface area contributed by atoms with E-state index in [1.54, 1.807) is 17.0 Å². The summed E-state index contributed by atoms with van der Waals surface area (Å²) in [5, 5.41) is 0. The second-order valence-electron chi connectivity index (χ2n) is 8.10. The van der Waals surface area contributed by atoms with E-state index in [-0.39, 0.29) is 31.6 Å². The van der Waals surface area contributed by atoms with E-state index < -0.39 is 12.2 Å². The Morgan fingerprint density at radius 1 is 0.970 bits per heavy atom. The van der Waals surface area contributed by atoms with E-state index >= 15 is 0 Å². The van der Waals surface area contributed by atoms with Crippen LogP contribution in [0.2, 0.25) is 0 Å². The molecule has 2 N–H and O–H groups in total. The van der Waals surface area contributed by atoms with Crippen LogP contribution in [-0.2, 0) is 32.2 Å². The lowest BCUT2D eigenvalue weighted by Gasteiger charge is -2.34. The second kappa shape index (κ2) is 10.5. The zero-order chi connectivity index (χ0) is 23.2. The van der Waals surface area contributed by atoms with Gasteiger partial charge in [0.05, 0.1) is 13.1 Å². The van der Waals surface area contributed by atoms with Crippen LogP contribution >= 0.6 is 0 Å². The maximum absolute atomic E-state index is 12.9. The molecule has 1 atom stereocenters. The number of amides is 2. The maximum Gasteiger partial charge on any atom is 0.415 e. The van der Waals surface area contributed by atoms with Crippen LogP contribution in [0.5, 0.6) is 0 Å². The first kappa shape index (κ1) is 22.8. The average Bonchev–Trinajstić information content (AvgIpc) is 3.25. The lowest BCUT2D eigenvalue weighted by atomic mass is 10.2. The van der Waals surface area contributed by atoms with Crippen LogP contribution in [0.4, 0.5) is 10.5 Å². The van der Waals surface area contributed by atoms with Gasteiger partial charge in [-0.3, -0.25) is 19.4 Å². The van der Waals surface area contributed by atoms with E-state index in [9.17, 15) is 14.4 Å². The van der Waals surface area contributed by atoms with Crippen molar-refractivity contribution in [1.29, 1.82) is 0 Å². The fourth-order valence-electron chi connectivity index (χ4n) is 3.91. The van der Waals surface area contributed by atoms with Crippen molar-refractivity contribution in [3.05, 3.63) is 65.7 Å². The quantitative estimate of drug-likeness (QED) is 0.633. The highest BCUT2D eigenvalue weighted by Crippen LogP contribution is 2.23. The summed E-state index contributed by atoms with van der Waals surface area (Å²) in [6, 6.07) is 16.8. The number of anilines is 1. The number of carbonyl (C=O) groups excluding carboxylic acids is 3. The van der Waals surface area contributed by atoms with E-state index in [1.807, 2.05) is 47.4 Å². The van der Waals surface area contributed by atoms with Crippen molar-refractivity contribution in [2.75, 3.05) is 44.2 Å². The Morgan fingerprint density at radius 3 is 2.33 bits per heavy atom. The molecule has 4 rings (SSSR count). The highest BCUT2D eigenvalue weighted by Gasteiger charge is 2.39. The molecule has 2 aliphatic heterocycles. The Balaban J connectivity index is 1.22. The third kappa shape index (κ3) is 5.68. The molecule has 0 radical (unpaired) electrons. The molecule has 9 nitrogen and oxygen atoms in total. The summed E-state index contributed by atoms with van der Waals surface area (Å²) in [5.41, 5.74) is 8.19. The topological polar surface area (TPSA) is 105 Å². The molecule has 174 valence electrons. The van der Waals surface area contributed by atoms with Gasteiger partial charge < -0.3 is 20.1 Å². The smallest absolute Gasteiger partial charge is 0.415 e. The maximum atomic E-state index is 12.9. The van der Waals surface area contributed by atoms with Crippen LogP contribution in [0.15, 0.2) is 54.6 Å². The van der Waals surface area contributed by atoms with Gasteiger partial charge in [0.2, 0.25) is 0 Å². The van der Waals surface area contributed by atoms with E-state index in [0.29, 0.717) is 38.4 Å². The summed E-state index contributed by atoms with van der Waals surface area (Å²) in [4.78, 5) is 42.5. The monoisotopic (exact) mass is 452 g/mol.